The minimum Gasteiger partial charge on any atom is -0.450 e. The lowest BCUT2D eigenvalue weighted by atomic mass is 9.91. The summed E-state index contributed by atoms with van der Waals surface area (Å²) in [6.45, 7) is 2.10. The fraction of sp³-hybridized carbons (Fsp3) is 0.833. The molecule has 98 valence electrons. The molecule has 4 nitrogen and oxygen atoms in total. The summed E-state index contributed by atoms with van der Waals surface area (Å²) >= 11 is 5.61. The summed E-state index contributed by atoms with van der Waals surface area (Å²) in [4.78, 5) is 23.1. The lowest BCUT2D eigenvalue weighted by Crippen LogP contribution is -2.43. The highest BCUT2D eigenvalue weighted by Gasteiger charge is 2.30. The number of ether oxygens (including phenoxy) is 1. The SMILES string of the molecule is CCOC(=O)NC1CCCCCC1C(=O)CCl. The van der Waals surface area contributed by atoms with Gasteiger partial charge < -0.3 is 10.1 Å². The number of hydrogen-bond donors (Lipinski definition) is 1. The summed E-state index contributed by atoms with van der Waals surface area (Å²) in [6.07, 6.45) is 4.35. The van der Waals surface area contributed by atoms with Gasteiger partial charge in [-0.15, -0.1) is 11.6 Å². The second kappa shape index (κ2) is 7.54. The maximum Gasteiger partial charge on any atom is 0.407 e. The molecule has 0 aliphatic heterocycles. The largest absolute Gasteiger partial charge is 0.450 e. The molecule has 1 rings (SSSR count). The number of alkyl carbamates (subject to hydrolysis) is 1. The van der Waals surface area contributed by atoms with Crippen LogP contribution >= 0.6 is 11.6 Å². The van der Waals surface area contributed by atoms with E-state index in [0.29, 0.717) is 6.61 Å². The average Bonchev–Trinajstić information content (AvgIpc) is 2.54. The van der Waals surface area contributed by atoms with Crippen LogP contribution in [-0.2, 0) is 9.53 Å². The van der Waals surface area contributed by atoms with Crippen LogP contribution in [0.5, 0.6) is 0 Å². The first-order valence-corrected chi connectivity index (χ1v) is 6.74. The van der Waals surface area contributed by atoms with Crippen molar-refractivity contribution in [2.24, 2.45) is 5.92 Å². The number of amides is 1. The van der Waals surface area contributed by atoms with Crippen LogP contribution < -0.4 is 5.32 Å². The zero-order valence-electron chi connectivity index (χ0n) is 10.2. The fourth-order valence-electron chi connectivity index (χ4n) is 2.29. The molecule has 0 spiro atoms. The first kappa shape index (κ1) is 14.3. The van der Waals surface area contributed by atoms with E-state index in [1.807, 2.05) is 0 Å². The van der Waals surface area contributed by atoms with Gasteiger partial charge in [0.1, 0.15) is 0 Å². The van der Waals surface area contributed by atoms with E-state index in [-0.39, 0.29) is 23.6 Å². The summed E-state index contributed by atoms with van der Waals surface area (Å²) < 4.78 is 4.85. The van der Waals surface area contributed by atoms with E-state index < -0.39 is 6.09 Å². The second-order valence-corrected chi connectivity index (χ2v) is 4.58. The fourth-order valence-corrected chi connectivity index (χ4v) is 2.49. The highest BCUT2D eigenvalue weighted by atomic mass is 35.5. The highest BCUT2D eigenvalue weighted by molar-refractivity contribution is 6.28. The van der Waals surface area contributed by atoms with Gasteiger partial charge in [-0.3, -0.25) is 4.79 Å². The molecule has 0 saturated heterocycles. The summed E-state index contributed by atoms with van der Waals surface area (Å²) in [5.74, 6) is -0.110. The molecule has 0 bridgehead atoms. The molecule has 0 aromatic heterocycles. The minimum atomic E-state index is -0.438. The summed E-state index contributed by atoms with van der Waals surface area (Å²) in [7, 11) is 0. The predicted molar refractivity (Wildman–Crippen MR) is 66.2 cm³/mol. The number of rotatable bonds is 4. The van der Waals surface area contributed by atoms with Crippen LogP contribution in [-0.4, -0.2) is 30.4 Å². The summed E-state index contributed by atoms with van der Waals surface area (Å²) in [6, 6.07) is -0.122. The maximum absolute atomic E-state index is 11.7. The Morgan fingerprint density at radius 1 is 1.29 bits per heavy atom. The average molecular weight is 262 g/mol. The van der Waals surface area contributed by atoms with Crippen molar-refractivity contribution in [1.29, 1.82) is 0 Å². The molecule has 0 aromatic carbocycles. The Hall–Kier alpha value is -0.770. The van der Waals surface area contributed by atoms with Gasteiger partial charge in [0.15, 0.2) is 5.78 Å². The van der Waals surface area contributed by atoms with Crippen molar-refractivity contribution in [3.8, 4) is 0 Å². The van der Waals surface area contributed by atoms with Crippen LogP contribution in [0.15, 0.2) is 0 Å². The molecular formula is C12H20ClNO3. The van der Waals surface area contributed by atoms with E-state index in [2.05, 4.69) is 5.32 Å². The van der Waals surface area contributed by atoms with Crippen molar-refractivity contribution >= 4 is 23.5 Å². The molecule has 2 unspecified atom stereocenters. The highest BCUT2D eigenvalue weighted by Crippen LogP contribution is 2.24. The quantitative estimate of drug-likeness (QED) is 0.625. The second-order valence-electron chi connectivity index (χ2n) is 4.32. The standard InChI is InChI=1S/C12H20ClNO3/c1-2-17-12(16)14-10-7-5-3-4-6-9(10)11(15)8-13/h9-10H,2-8H2,1H3,(H,14,16). The van der Waals surface area contributed by atoms with Gasteiger partial charge in [-0.1, -0.05) is 19.3 Å². The summed E-state index contributed by atoms with van der Waals surface area (Å²) in [5, 5.41) is 2.78. The van der Waals surface area contributed by atoms with Crippen molar-refractivity contribution in [3.05, 3.63) is 0 Å². The van der Waals surface area contributed by atoms with E-state index in [9.17, 15) is 9.59 Å². The van der Waals surface area contributed by atoms with Gasteiger partial charge in [0.2, 0.25) is 0 Å². The molecule has 17 heavy (non-hydrogen) atoms. The van der Waals surface area contributed by atoms with Crippen molar-refractivity contribution in [2.45, 2.75) is 45.1 Å². The molecule has 1 saturated carbocycles. The molecule has 2 atom stereocenters. The third kappa shape index (κ3) is 4.54. The molecule has 0 aromatic rings. The Labute approximate surface area is 107 Å². The molecular weight excluding hydrogens is 242 g/mol. The van der Waals surface area contributed by atoms with Gasteiger partial charge in [0.25, 0.3) is 0 Å². The minimum absolute atomic E-state index is 0.0195. The van der Waals surface area contributed by atoms with Crippen LogP contribution in [0.3, 0.4) is 0 Å². The number of alkyl halides is 1. The maximum atomic E-state index is 11.7. The third-order valence-electron chi connectivity index (χ3n) is 3.14. The third-order valence-corrected chi connectivity index (χ3v) is 3.40. The predicted octanol–water partition coefficient (Wildman–Crippen LogP) is 2.49. The Bertz CT molecular complexity index is 270. The van der Waals surface area contributed by atoms with E-state index >= 15 is 0 Å². The molecule has 1 fully saturated rings. The molecule has 1 aliphatic rings. The molecule has 1 N–H and O–H groups in total. The molecule has 1 aliphatic carbocycles. The van der Waals surface area contributed by atoms with Crippen molar-refractivity contribution < 1.29 is 14.3 Å². The van der Waals surface area contributed by atoms with Gasteiger partial charge in [0, 0.05) is 12.0 Å². The Morgan fingerprint density at radius 2 is 2.00 bits per heavy atom. The van der Waals surface area contributed by atoms with E-state index in [1.165, 1.54) is 0 Å². The van der Waals surface area contributed by atoms with Crippen molar-refractivity contribution in [1.82, 2.24) is 5.32 Å². The van der Waals surface area contributed by atoms with Crippen LogP contribution in [0.2, 0.25) is 0 Å². The topological polar surface area (TPSA) is 55.4 Å². The van der Waals surface area contributed by atoms with Gasteiger partial charge in [0.05, 0.1) is 12.5 Å². The monoisotopic (exact) mass is 261 g/mol. The first-order chi connectivity index (χ1) is 8.19. The van der Waals surface area contributed by atoms with Crippen LogP contribution in [0.1, 0.15) is 39.0 Å². The lowest BCUT2D eigenvalue weighted by molar-refractivity contribution is -0.121. The zero-order valence-corrected chi connectivity index (χ0v) is 11.0. The Balaban J connectivity index is 2.61. The number of hydrogen-bond acceptors (Lipinski definition) is 3. The van der Waals surface area contributed by atoms with Crippen molar-refractivity contribution in [2.75, 3.05) is 12.5 Å². The number of nitrogens with one attached hydrogen (secondary N) is 1. The zero-order chi connectivity index (χ0) is 12.7. The molecule has 0 heterocycles. The molecule has 5 heteroatoms. The van der Waals surface area contributed by atoms with E-state index in [0.717, 1.165) is 32.1 Å². The number of carbonyl (C=O) groups is 2. The number of halogens is 1. The molecule has 0 radical (unpaired) electrons. The van der Waals surface area contributed by atoms with Crippen molar-refractivity contribution in [3.63, 3.8) is 0 Å². The van der Waals surface area contributed by atoms with Crippen LogP contribution in [0, 0.1) is 5.92 Å². The Morgan fingerprint density at radius 3 is 2.65 bits per heavy atom. The normalized spacial score (nSPS) is 24.8. The van der Waals surface area contributed by atoms with Crippen LogP contribution in [0.4, 0.5) is 4.79 Å². The lowest BCUT2D eigenvalue weighted by Gasteiger charge is -2.24. The van der Waals surface area contributed by atoms with E-state index in [1.54, 1.807) is 6.92 Å². The van der Waals surface area contributed by atoms with Gasteiger partial charge in [-0.05, 0) is 19.8 Å². The van der Waals surface area contributed by atoms with Gasteiger partial charge in [-0.25, -0.2) is 4.79 Å². The first-order valence-electron chi connectivity index (χ1n) is 6.21. The summed E-state index contributed by atoms with van der Waals surface area (Å²) in [5.41, 5.74) is 0. The smallest absolute Gasteiger partial charge is 0.407 e. The number of carbonyl (C=O) groups excluding carboxylic acids is 2. The van der Waals surface area contributed by atoms with Gasteiger partial charge in [-0.2, -0.15) is 0 Å². The van der Waals surface area contributed by atoms with E-state index in [4.69, 9.17) is 16.3 Å². The molecule has 1 amide bonds. The number of Topliss-reactive ketones (excluding diaryl/α,β-unsaturated/α-hetero) is 1. The number of ketones is 1. The van der Waals surface area contributed by atoms with Gasteiger partial charge >= 0.3 is 6.09 Å². The Kier molecular flexibility index (Phi) is 6.34. The van der Waals surface area contributed by atoms with Crippen LogP contribution in [0.25, 0.3) is 0 Å².